The fraction of sp³-hybridized carbons (Fsp3) is 0.222. The van der Waals surface area contributed by atoms with E-state index in [4.69, 9.17) is 18.8 Å². The molecule has 7 nitrogen and oxygen atoms in total. The normalized spacial score (nSPS) is 14.7. The Morgan fingerprint density at radius 2 is 1.86 bits per heavy atom. The Bertz CT molecular complexity index is 1450. The Hall–Kier alpha value is -4.16. The Kier molecular flexibility index (Phi) is 6.57. The molecule has 9 heteroatoms. The highest BCUT2D eigenvalue weighted by molar-refractivity contribution is 7.81. The molecule has 2 amide bonds. The third-order valence-corrected chi connectivity index (χ3v) is 6.55. The molecular formula is C27H24FN5O2S. The molecule has 2 heterocycles. The predicted octanol–water partition coefficient (Wildman–Crippen LogP) is 5.24. The Morgan fingerprint density at radius 1 is 1.14 bits per heavy atom. The first-order valence-electron chi connectivity index (χ1n) is 11.2. The summed E-state index contributed by atoms with van der Waals surface area (Å²) in [5, 5.41) is 2.91. The second-order valence-corrected chi connectivity index (χ2v) is 9.39. The van der Waals surface area contributed by atoms with Crippen LogP contribution in [0.15, 0.2) is 54.7 Å². The summed E-state index contributed by atoms with van der Waals surface area (Å²) in [6.07, 6.45) is 1.53. The molecule has 36 heavy (non-hydrogen) atoms. The SMILES string of the molecule is [C-]#[N+]c1ccc(N2C(=O)C(C)(C)N(c3ccc(CNC(=O)c4ncccc4C)c(F)c3)C2=S)cc1C. The molecular weight excluding hydrogens is 477 g/mol. The van der Waals surface area contributed by atoms with Crippen LogP contribution >= 0.6 is 12.2 Å². The van der Waals surface area contributed by atoms with Crippen LogP contribution in [0, 0.1) is 26.2 Å². The van der Waals surface area contributed by atoms with Crippen molar-refractivity contribution in [3.63, 3.8) is 0 Å². The lowest BCUT2D eigenvalue weighted by Gasteiger charge is -2.29. The molecule has 3 aromatic rings. The Balaban J connectivity index is 1.58. The van der Waals surface area contributed by atoms with Crippen molar-refractivity contribution in [2.45, 2.75) is 39.8 Å². The molecule has 0 radical (unpaired) electrons. The molecule has 0 saturated carbocycles. The minimum Gasteiger partial charge on any atom is -0.347 e. The van der Waals surface area contributed by atoms with Gasteiger partial charge in [-0.05, 0) is 81.4 Å². The summed E-state index contributed by atoms with van der Waals surface area (Å²) < 4.78 is 15.1. The number of benzene rings is 2. The van der Waals surface area contributed by atoms with Crippen molar-refractivity contribution in [2.24, 2.45) is 0 Å². The van der Waals surface area contributed by atoms with Gasteiger partial charge in [0.05, 0.1) is 6.57 Å². The third kappa shape index (κ3) is 4.32. The smallest absolute Gasteiger partial charge is 0.270 e. The molecule has 0 unspecified atom stereocenters. The van der Waals surface area contributed by atoms with E-state index >= 15 is 4.39 Å². The molecule has 1 saturated heterocycles. The van der Waals surface area contributed by atoms with Crippen LogP contribution in [0.5, 0.6) is 0 Å². The maximum atomic E-state index is 15.1. The van der Waals surface area contributed by atoms with Crippen molar-refractivity contribution >= 4 is 46.2 Å². The summed E-state index contributed by atoms with van der Waals surface area (Å²) in [4.78, 5) is 36.4. The number of hydrogen-bond acceptors (Lipinski definition) is 4. The number of pyridine rings is 1. The molecule has 1 aliphatic rings. The molecule has 0 aliphatic carbocycles. The number of halogens is 1. The van der Waals surface area contributed by atoms with Crippen molar-refractivity contribution in [2.75, 3.05) is 9.80 Å². The highest BCUT2D eigenvalue weighted by atomic mass is 32.1. The van der Waals surface area contributed by atoms with Gasteiger partial charge in [-0.25, -0.2) is 9.24 Å². The van der Waals surface area contributed by atoms with E-state index in [9.17, 15) is 9.59 Å². The van der Waals surface area contributed by atoms with E-state index in [0.717, 1.165) is 11.1 Å². The van der Waals surface area contributed by atoms with Gasteiger partial charge in [-0.15, -0.1) is 0 Å². The summed E-state index contributed by atoms with van der Waals surface area (Å²) in [6, 6.07) is 13.1. The minimum atomic E-state index is -1.07. The lowest BCUT2D eigenvalue weighted by molar-refractivity contribution is -0.120. The average Bonchev–Trinajstić information content (AvgIpc) is 3.01. The number of rotatable bonds is 5. The number of amides is 2. The molecule has 1 N–H and O–H groups in total. The summed E-state index contributed by atoms with van der Waals surface area (Å²) in [7, 11) is 0. The summed E-state index contributed by atoms with van der Waals surface area (Å²) in [5.41, 5.74) is 2.43. The van der Waals surface area contributed by atoms with Crippen molar-refractivity contribution in [1.29, 1.82) is 0 Å². The average molecular weight is 502 g/mol. The second kappa shape index (κ2) is 9.47. The number of hydrogen-bond donors (Lipinski definition) is 1. The first-order valence-corrected chi connectivity index (χ1v) is 11.6. The van der Waals surface area contributed by atoms with E-state index in [2.05, 4.69) is 15.1 Å². The lowest BCUT2D eigenvalue weighted by atomic mass is 10.0. The van der Waals surface area contributed by atoms with Gasteiger partial charge in [-0.3, -0.25) is 19.5 Å². The van der Waals surface area contributed by atoms with Gasteiger partial charge in [0.2, 0.25) is 0 Å². The highest BCUT2D eigenvalue weighted by Crippen LogP contribution is 2.38. The minimum absolute atomic E-state index is 0.0213. The van der Waals surface area contributed by atoms with E-state index < -0.39 is 11.4 Å². The summed E-state index contributed by atoms with van der Waals surface area (Å²) in [5.74, 6) is -1.18. The number of nitrogens with one attached hydrogen (secondary N) is 1. The van der Waals surface area contributed by atoms with Gasteiger partial charge >= 0.3 is 0 Å². The predicted molar refractivity (Wildman–Crippen MR) is 141 cm³/mol. The molecule has 2 aromatic carbocycles. The van der Waals surface area contributed by atoms with Gasteiger partial charge in [0, 0.05) is 29.7 Å². The van der Waals surface area contributed by atoms with Crippen LogP contribution in [-0.2, 0) is 11.3 Å². The lowest BCUT2D eigenvalue weighted by Crippen LogP contribution is -2.44. The van der Waals surface area contributed by atoms with Gasteiger partial charge in [0.15, 0.2) is 10.8 Å². The third-order valence-electron chi connectivity index (χ3n) is 6.19. The van der Waals surface area contributed by atoms with Crippen molar-refractivity contribution < 1.29 is 14.0 Å². The molecule has 182 valence electrons. The molecule has 4 rings (SSSR count). The van der Waals surface area contributed by atoms with Crippen LogP contribution in [0.25, 0.3) is 4.85 Å². The number of carbonyl (C=O) groups is 2. The van der Waals surface area contributed by atoms with Crippen LogP contribution in [0.1, 0.15) is 41.0 Å². The van der Waals surface area contributed by atoms with Crippen molar-refractivity contribution in [1.82, 2.24) is 10.3 Å². The fourth-order valence-electron chi connectivity index (χ4n) is 4.16. The Morgan fingerprint density at radius 3 is 2.50 bits per heavy atom. The van der Waals surface area contributed by atoms with Crippen LogP contribution in [0.4, 0.5) is 21.5 Å². The monoisotopic (exact) mass is 501 g/mol. The van der Waals surface area contributed by atoms with Crippen molar-refractivity contribution in [3.8, 4) is 0 Å². The molecule has 1 fully saturated rings. The zero-order valence-electron chi connectivity index (χ0n) is 20.3. The van der Waals surface area contributed by atoms with Gasteiger partial charge in [0.25, 0.3) is 11.8 Å². The van der Waals surface area contributed by atoms with Gasteiger partial charge < -0.3 is 10.2 Å². The second-order valence-electron chi connectivity index (χ2n) is 9.03. The standard InChI is InChI=1S/C27H24FN5O2S/c1-16-7-6-12-30-23(16)24(34)31-15-18-8-9-20(14-21(18)28)33-26(36)32(25(35)27(33,3)4)19-10-11-22(29-5)17(2)13-19/h6-14H,15H2,1-4H3,(H,31,34). The van der Waals surface area contributed by atoms with Gasteiger partial charge in [0.1, 0.15) is 17.1 Å². The molecule has 1 aliphatic heterocycles. The summed E-state index contributed by atoms with van der Waals surface area (Å²) >= 11 is 5.67. The number of anilines is 2. The quantitative estimate of drug-likeness (QED) is 0.383. The zero-order valence-corrected chi connectivity index (χ0v) is 21.1. The van der Waals surface area contributed by atoms with Gasteiger partial charge in [-0.2, -0.15) is 0 Å². The van der Waals surface area contributed by atoms with Crippen LogP contribution < -0.4 is 15.1 Å². The molecule has 0 atom stereocenters. The highest BCUT2D eigenvalue weighted by Gasteiger charge is 2.50. The van der Waals surface area contributed by atoms with E-state index in [1.165, 1.54) is 17.2 Å². The molecule has 0 spiro atoms. The first kappa shape index (κ1) is 24.9. The number of carbonyl (C=O) groups excluding carboxylic acids is 2. The van der Waals surface area contributed by atoms with Crippen molar-refractivity contribution in [3.05, 3.63) is 94.3 Å². The van der Waals surface area contributed by atoms with E-state index in [1.807, 2.05) is 0 Å². The topological polar surface area (TPSA) is 69.9 Å². The van der Waals surface area contributed by atoms with E-state index in [0.29, 0.717) is 17.1 Å². The van der Waals surface area contributed by atoms with Gasteiger partial charge in [-0.1, -0.05) is 18.2 Å². The van der Waals surface area contributed by atoms with Crippen LogP contribution in [0.2, 0.25) is 0 Å². The van der Waals surface area contributed by atoms with Crippen LogP contribution in [-0.4, -0.2) is 27.4 Å². The maximum Gasteiger partial charge on any atom is 0.270 e. The zero-order chi connectivity index (χ0) is 26.2. The number of aromatic nitrogens is 1. The maximum absolute atomic E-state index is 15.1. The summed E-state index contributed by atoms with van der Waals surface area (Å²) in [6.45, 7) is 14.3. The Labute approximate surface area is 214 Å². The van der Waals surface area contributed by atoms with E-state index in [-0.39, 0.29) is 34.7 Å². The number of thiocarbonyl (C=S) groups is 1. The molecule has 1 aromatic heterocycles. The largest absolute Gasteiger partial charge is 0.347 e. The van der Waals surface area contributed by atoms with E-state index in [1.54, 1.807) is 75.1 Å². The number of nitrogens with zero attached hydrogens (tertiary/aromatic N) is 4. The van der Waals surface area contributed by atoms with Crippen LogP contribution in [0.3, 0.4) is 0 Å². The first-order chi connectivity index (χ1) is 17.1. The fourth-order valence-corrected chi connectivity index (χ4v) is 4.68. The number of aryl methyl sites for hydroxylation is 2. The molecule has 0 bridgehead atoms.